The Bertz CT molecular complexity index is 677. The lowest BCUT2D eigenvalue weighted by Gasteiger charge is -2.08. The fourth-order valence-corrected chi connectivity index (χ4v) is 2.31. The first-order valence-corrected chi connectivity index (χ1v) is 5.52. The Morgan fingerprint density at radius 2 is 1.61 bits per heavy atom. The second-order valence-electron chi connectivity index (χ2n) is 4.09. The van der Waals surface area contributed by atoms with E-state index in [1.807, 2.05) is 18.2 Å². The number of ketones is 1. The van der Waals surface area contributed by atoms with Crippen LogP contribution >= 0.6 is 0 Å². The maximum atomic E-state index is 12.2. The van der Waals surface area contributed by atoms with Crippen molar-refractivity contribution in [3.05, 3.63) is 53.6 Å². The van der Waals surface area contributed by atoms with E-state index in [0.717, 1.165) is 11.1 Å². The van der Waals surface area contributed by atoms with Gasteiger partial charge in [-0.3, -0.25) is 4.79 Å². The molecule has 3 N–H and O–H groups in total. The number of carbonyl (C=O) groups excluding carboxylic acids is 2. The van der Waals surface area contributed by atoms with Gasteiger partial charge >= 0.3 is 6.03 Å². The third kappa shape index (κ3) is 1.39. The highest BCUT2D eigenvalue weighted by Gasteiger charge is 2.28. The predicted molar refractivity (Wildman–Crippen MR) is 68.5 cm³/mol. The highest BCUT2D eigenvalue weighted by atomic mass is 16.2. The van der Waals surface area contributed by atoms with Crippen LogP contribution in [-0.4, -0.2) is 11.8 Å². The number of hydrogen-bond donors (Lipinski definition) is 2. The molecule has 0 atom stereocenters. The normalized spacial score (nSPS) is 11.9. The molecule has 3 rings (SSSR count). The van der Waals surface area contributed by atoms with Crippen LogP contribution in [0.15, 0.2) is 42.5 Å². The van der Waals surface area contributed by atoms with E-state index in [0.29, 0.717) is 16.8 Å². The van der Waals surface area contributed by atoms with Gasteiger partial charge in [0.25, 0.3) is 0 Å². The highest BCUT2D eigenvalue weighted by Crippen LogP contribution is 2.40. The summed E-state index contributed by atoms with van der Waals surface area (Å²) >= 11 is 0. The fraction of sp³-hybridized carbons (Fsp3) is 0. The number of benzene rings is 2. The number of anilines is 1. The Kier molecular flexibility index (Phi) is 2.16. The van der Waals surface area contributed by atoms with Crippen LogP contribution in [0.3, 0.4) is 0 Å². The van der Waals surface area contributed by atoms with Gasteiger partial charge in [-0.1, -0.05) is 36.4 Å². The minimum Gasteiger partial charge on any atom is -0.351 e. The van der Waals surface area contributed by atoms with Crippen molar-refractivity contribution in [3.8, 4) is 11.1 Å². The summed E-state index contributed by atoms with van der Waals surface area (Å²) in [6.45, 7) is 0. The Morgan fingerprint density at radius 3 is 2.33 bits per heavy atom. The molecular formula is C14H10N2O2. The van der Waals surface area contributed by atoms with E-state index in [1.54, 1.807) is 24.3 Å². The largest absolute Gasteiger partial charge is 0.351 e. The molecule has 0 aliphatic heterocycles. The molecule has 0 unspecified atom stereocenters. The summed E-state index contributed by atoms with van der Waals surface area (Å²) in [4.78, 5) is 23.2. The average Bonchev–Trinajstić information content (AvgIpc) is 2.65. The van der Waals surface area contributed by atoms with Gasteiger partial charge in [-0.15, -0.1) is 0 Å². The van der Waals surface area contributed by atoms with E-state index in [1.165, 1.54) is 0 Å². The lowest BCUT2D eigenvalue weighted by molar-refractivity contribution is 0.104. The molecule has 0 radical (unpaired) electrons. The zero-order chi connectivity index (χ0) is 12.7. The van der Waals surface area contributed by atoms with E-state index in [2.05, 4.69) is 5.32 Å². The molecule has 0 saturated heterocycles. The summed E-state index contributed by atoms with van der Waals surface area (Å²) in [5, 5.41) is 2.55. The summed E-state index contributed by atoms with van der Waals surface area (Å²) < 4.78 is 0. The van der Waals surface area contributed by atoms with Crippen LogP contribution in [0.4, 0.5) is 10.5 Å². The molecule has 1 aliphatic carbocycles. The number of fused-ring (bicyclic) bond motifs is 3. The van der Waals surface area contributed by atoms with Gasteiger partial charge in [-0.2, -0.15) is 0 Å². The summed E-state index contributed by atoms with van der Waals surface area (Å²) in [5.41, 5.74) is 8.55. The minimum absolute atomic E-state index is 0.0197. The van der Waals surface area contributed by atoms with Gasteiger partial charge in [0.15, 0.2) is 5.78 Å². The molecule has 2 aromatic rings. The van der Waals surface area contributed by atoms with Crippen LogP contribution in [0, 0.1) is 0 Å². The lowest BCUT2D eigenvalue weighted by atomic mass is 10.0. The van der Waals surface area contributed by atoms with Gasteiger partial charge in [-0.05, 0) is 11.6 Å². The maximum absolute atomic E-state index is 12.2. The number of hydrogen-bond acceptors (Lipinski definition) is 2. The van der Waals surface area contributed by atoms with Crippen molar-refractivity contribution in [2.45, 2.75) is 0 Å². The van der Waals surface area contributed by atoms with Crippen LogP contribution in [0.5, 0.6) is 0 Å². The number of amides is 2. The zero-order valence-electron chi connectivity index (χ0n) is 9.44. The first-order valence-electron chi connectivity index (χ1n) is 5.52. The van der Waals surface area contributed by atoms with E-state index >= 15 is 0 Å². The number of carbonyl (C=O) groups is 2. The Labute approximate surface area is 103 Å². The molecule has 0 spiro atoms. The van der Waals surface area contributed by atoms with Gasteiger partial charge in [0, 0.05) is 16.7 Å². The van der Waals surface area contributed by atoms with Crippen LogP contribution < -0.4 is 11.1 Å². The van der Waals surface area contributed by atoms with Gasteiger partial charge in [-0.25, -0.2) is 4.79 Å². The minimum atomic E-state index is -0.639. The first-order chi connectivity index (χ1) is 8.68. The fourth-order valence-electron chi connectivity index (χ4n) is 2.31. The number of rotatable bonds is 1. The molecule has 2 aromatic carbocycles. The van der Waals surface area contributed by atoms with Crippen molar-refractivity contribution < 1.29 is 9.59 Å². The monoisotopic (exact) mass is 238 g/mol. The van der Waals surface area contributed by atoms with Crippen molar-refractivity contribution in [3.63, 3.8) is 0 Å². The molecule has 1 aliphatic rings. The lowest BCUT2D eigenvalue weighted by Crippen LogP contribution is -2.19. The first kappa shape index (κ1) is 10.5. The molecular weight excluding hydrogens is 228 g/mol. The second kappa shape index (κ2) is 3.70. The van der Waals surface area contributed by atoms with Crippen LogP contribution in [0.1, 0.15) is 15.9 Å². The molecule has 18 heavy (non-hydrogen) atoms. The molecule has 0 bridgehead atoms. The van der Waals surface area contributed by atoms with Crippen LogP contribution in [0.25, 0.3) is 11.1 Å². The van der Waals surface area contributed by atoms with E-state index in [-0.39, 0.29) is 5.78 Å². The van der Waals surface area contributed by atoms with Gasteiger partial charge in [0.2, 0.25) is 0 Å². The summed E-state index contributed by atoms with van der Waals surface area (Å²) in [5.74, 6) is -0.0197. The van der Waals surface area contributed by atoms with Gasteiger partial charge < -0.3 is 11.1 Å². The molecule has 0 saturated carbocycles. The Morgan fingerprint density at radius 1 is 0.944 bits per heavy atom. The summed E-state index contributed by atoms with van der Waals surface area (Å²) in [6.07, 6.45) is 0. The molecule has 0 heterocycles. The number of nitrogens with two attached hydrogens (primary N) is 1. The second-order valence-corrected chi connectivity index (χ2v) is 4.09. The Hall–Kier alpha value is -2.62. The molecule has 4 nitrogen and oxygen atoms in total. The van der Waals surface area contributed by atoms with Crippen molar-refractivity contribution in [1.82, 2.24) is 0 Å². The SMILES string of the molecule is NC(=O)Nc1cccc2c1-c1ccccc1C2=O. The smallest absolute Gasteiger partial charge is 0.316 e. The number of nitrogens with one attached hydrogen (secondary N) is 1. The predicted octanol–water partition coefficient (Wildman–Crippen LogP) is 2.39. The molecule has 0 fully saturated rings. The topological polar surface area (TPSA) is 72.2 Å². The maximum Gasteiger partial charge on any atom is 0.316 e. The number of primary amides is 1. The van der Waals surface area contributed by atoms with E-state index in [4.69, 9.17) is 5.73 Å². The van der Waals surface area contributed by atoms with E-state index < -0.39 is 6.03 Å². The summed E-state index contributed by atoms with van der Waals surface area (Å²) in [7, 11) is 0. The Balaban J connectivity index is 2.28. The zero-order valence-corrected chi connectivity index (χ0v) is 9.44. The third-order valence-corrected chi connectivity index (χ3v) is 3.01. The molecule has 88 valence electrons. The van der Waals surface area contributed by atoms with Gasteiger partial charge in [0.05, 0.1) is 5.69 Å². The van der Waals surface area contributed by atoms with Crippen molar-refractivity contribution in [2.75, 3.05) is 5.32 Å². The molecule has 4 heteroatoms. The van der Waals surface area contributed by atoms with Crippen molar-refractivity contribution in [2.24, 2.45) is 5.73 Å². The molecule has 2 amide bonds. The summed E-state index contributed by atoms with van der Waals surface area (Å²) in [6, 6.07) is 11.9. The quantitative estimate of drug-likeness (QED) is 0.683. The van der Waals surface area contributed by atoms with Gasteiger partial charge in [0.1, 0.15) is 0 Å². The van der Waals surface area contributed by atoms with Crippen molar-refractivity contribution in [1.29, 1.82) is 0 Å². The number of urea groups is 1. The standard InChI is InChI=1S/C14H10N2O2/c15-14(18)16-11-7-3-6-10-12(11)8-4-1-2-5-9(8)13(10)17/h1-7H,(H3,15,16,18). The average molecular weight is 238 g/mol. The molecule has 0 aromatic heterocycles. The third-order valence-electron chi connectivity index (χ3n) is 3.01. The van der Waals surface area contributed by atoms with Crippen LogP contribution in [0.2, 0.25) is 0 Å². The van der Waals surface area contributed by atoms with E-state index in [9.17, 15) is 9.59 Å². The van der Waals surface area contributed by atoms with Crippen molar-refractivity contribution >= 4 is 17.5 Å². The van der Waals surface area contributed by atoms with Crippen LogP contribution in [-0.2, 0) is 0 Å². The highest BCUT2D eigenvalue weighted by molar-refractivity contribution is 6.24.